The van der Waals surface area contributed by atoms with Crippen LogP contribution in [-0.2, 0) is 6.42 Å². The third-order valence-electron chi connectivity index (χ3n) is 3.68. The third-order valence-corrected chi connectivity index (χ3v) is 4.85. The van der Waals surface area contributed by atoms with Crippen LogP contribution in [0.15, 0.2) is 16.7 Å². The molecule has 0 bridgehead atoms. The fraction of sp³-hybridized carbons (Fsp3) is 0.533. The molecular weight excluding hydrogens is 256 g/mol. The zero-order chi connectivity index (χ0) is 13.2. The van der Waals surface area contributed by atoms with Crippen LogP contribution < -0.4 is 5.32 Å². The van der Waals surface area contributed by atoms with Crippen LogP contribution in [0.3, 0.4) is 0 Å². The van der Waals surface area contributed by atoms with Crippen LogP contribution in [0.4, 0.5) is 0 Å². The maximum atomic E-state index is 5.39. The second-order valence-electron chi connectivity index (χ2n) is 5.12. The SMILES string of the molecule is CCCNC1CCCc2sc(-c3ccoc3C)nc21. The molecule has 2 aromatic rings. The lowest BCUT2D eigenvalue weighted by Crippen LogP contribution is -2.25. The largest absolute Gasteiger partial charge is 0.469 e. The summed E-state index contributed by atoms with van der Waals surface area (Å²) in [6, 6.07) is 2.47. The number of rotatable bonds is 4. The van der Waals surface area contributed by atoms with Gasteiger partial charge in [-0.2, -0.15) is 0 Å². The first kappa shape index (κ1) is 12.9. The predicted octanol–water partition coefficient (Wildman–Crippen LogP) is 4.09. The Labute approximate surface area is 118 Å². The molecule has 1 aliphatic rings. The van der Waals surface area contributed by atoms with Crippen molar-refractivity contribution in [2.75, 3.05) is 6.54 Å². The molecule has 2 heterocycles. The monoisotopic (exact) mass is 276 g/mol. The van der Waals surface area contributed by atoms with Gasteiger partial charge in [0.1, 0.15) is 10.8 Å². The summed E-state index contributed by atoms with van der Waals surface area (Å²) in [7, 11) is 0. The van der Waals surface area contributed by atoms with Crippen LogP contribution in [0.5, 0.6) is 0 Å². The van der Waals surface area contributed by atoms with Gasteiger partial charge in [-0.1, -0.05) is 6.92 Å². The average molecular weight is 276 g/mol. The molecule has 0 aromatic carbocycles. The van der Waals surface area contributed by atoms with Gasteiger partial charge in [-0.15, -0.1) is 11.3 Å². The lowest BCUT2D eigenvalue weighted by molar-refractivity contribution is 0.454. The number of aryl methyl sites for hydroxylation is 2. The maximum absolute atomic E-state index is 5.39. The summed E-state index contributed by atoms with van der Waals surface area (Å²) in [5, 5.41) is 4.73. The van der Waals surface area contributed by atoms with Crippen molar-refractivity contribution in [2.45, 2.75) is 45.6 Å². The van der Waals surface area contributed by atoms with Gasteiger partial charge < -0.3 is 9.73 Å². The predicted molar refractivity (Wildman–Crippen MR) is 78.5 cm³/mol. The molecule has 0 fully saturated rings. The Hall–Kier alpha value is -1.13. The molecule has 2 aromatic heterocycles. The van der Waals surface area contributed by atoms with E-state index in [-0.39, 0.29) is 0 Å². The molecule has 1 unspecified atom stereocenters. The summed E-state index contributed by atoms with van der Waals surface area (Å²) in [5.74, 6) is 0.962. The summed E-state index contributed by atoms with van der Waals surface area (Å²) in [5.41, 5.74) is 2.42. The van der Waals surface area contributed by atoms with E-state index in [9.17, 15) is 0 Å². The van der Waals surface area contributed by atoms with Crippen LogP contribution in [0, 0.1) is 6.92 Å². The zero-order valence-electron chi connectivity index (χ0n) is 11.5. The number of fused-ring (bicyclic) bond motifs is 1. The zero-order valence-corrected chi connectivity index (χ0v) is 12.3. The molecule has 3 rings (SSSR count). The number of nitrogens with zero attached hydrogens (tertiary/aromatic N) is 1. The van der Waals surface area contributed by atoms with E-state index in [4.69, 9.17) is 9.40 Å². The minimum absolute atomic E-state index is 0.445. The lowest BCUT2D eigenvalue weighted by Gasteiger charge is -2.22. The van der Waals surface area contributed by atoms with Crippen molar-refractivity contribution in [1.29, 1.82) is 0 Å². The first-order chi connectivity index (χ1) is 9.29. The first-order valence-electron chi connectivity index (χ1n) is 7.07. The topological polar surface area (TPSA) is 38.1 Å². The summed E-state index contributed by atoms with van der Waals surface area (Å²) in [6.07, 6.45) is 6.57. The van der Waals surface area contributed by atoms with Crippen molar-refractivity contribution in [3.8, 4) is 10.6 Å². The van der Waals surface area contributed by atoms with Gasteiger partial charge in [0.05, 0.1) is 23.6 Å². The number of hydrogen-bond donors (Lipinski definition) is 1. The van der Waals surface area contributed by atoms with E-state index in [2.05, 4.69) is 12.2 Å². The van der Waals surface area contributed by atoms with Crippen LogP contribution in [0.25, 0.3) is 10.6 Å². The first-order valence-corrected chi connectivity index (χ1v) is 7.88. The van der Waals surface area contributed by atoms with Crippen LogP contribution in [0.2, 0.25) is 0 Å². The maximum Gasteiger partial charge on any atom is 0.127 e. The molecule has 3 nitrogen and oxygen atoms in total. The number of aromatic nitrogens is 1. The summed E-state index contributed by atoms with van der Waals surface area (Å²) >= 11 is 1.83. The smallest absolute Gasteiger partial charge is 0.127 e. The minimum atomic E-state index is 0.445. The highest BCUT2D eigenvalue weighted by Crippen LogP contribution is 2.38. The molecule has 1 aliphatic carbocycles. The molecule has 4 heteroatoms. The van der Waals surface area contributed by atoms with Gasteiger partial charge in [0, 0.05) is 4.88 Å². The molecule has 0 amide bonds. The minimum Gasteiger partial charge on any atom is -0.469 e. The van der Waals surface area contributed by atoms with Crippen LogP contribution in [-0.4, -0.2) is 11.5 Å². The van der Waals surface area contributed by atoms with Crippen molar-refractivity contribution >= 4 is 11.3 Å². The van der Waals surface area contributed by atoms with Crippen LogP contribution in [0.1, 0.15) is 48.6 Å². The van der Waals surface area contributed by atoms with E-state index < -0.39 is 0 Å². The van der Waals surface area contributed by atoms with E-state index in [1.807, 2.05) is 24.3 Å². The molecular formula is C15H20N2OS. The van der Waals surface area contributed by atoms with E-state index in [1.54, 1.807) is 6.26 Å². The van der Waals surface area contributed by atoms with Crippen molar-refractivity contribution in [2.24, 2.45) is 0 Å². The highest BCUT2D eigenvalue weighted by Gasteiger charge is 2.25. The van der Waals surface area contributed by atoms with E-state index in [1.165, 1.54) is 36.3 Å². The van der Waals surface area contributed by atoms with Crippen LogP contribution >= 0.6 is 11.3 Å². The fourth-order valence-electron chi connectivity index (χ4n) is 2.66. The van der Waals surface area contributed by atoms with Gasteiger partial charge in [0.25, 0.3) is 0 Å². The molecule has 0 radical (unpaired) electrons. The Morgan fingerprint density at radius 1 is 1.53 bits per heavy atom. The Morgan fingerprint density at radius 2 is 2.42 bits per heavy atom. The van der Waals surface area contributed by atoms with Gasteiger partial charge in [-0.25, -0.2) is 4.98 Å². The number of furan rings is 1. The Balaban J connectivity index is 1.91. The normalized spacial score (nSPS) is 18.5. The Morgan fingerprint density at radius 3 is 3.16 bits per heavy atom. The molecule has 1 atom stereocenters. The van der Waals surface area contributed by atoms with Crippen molar-refractivity contribution in [1.82, 2.24) is 10.3 Å². The average Bonchev–Trinajstić information content (AvgIpc) is 3.01. The Kier molecular flexibility index (Phi) is 3.71. The molecule has 0 saturated carbocycles. The molecule has 19 heavy (non-hydrogen) atoms. The summed E-state index contributed by atoms with van der Waals surface area (Å²) in [4.78, 5) is 6.34. The number of nitrogens with one attached hydrogen (secondary N) is 1. The highest BCUT2D eigenvalue weighted by atomic mass is 32.1. The van der Waals surface area contributed by atoms with Crippen molar-refractivity contribution in [3.63, 3.8) is 0 Å². The van der Waals surface area contributed by atoms with E-state index in [0.717, 1.165) is 22.9 Å². The molecule has 0 aliphatic heterocycles. The highest BCUT2D eigenvalue weighted by molar-refractivity contribution is 7.15. The quantitative estimate of drug-likeness (QED) is 0.914. The van der Waals surface area contributed by atoms with Gasteiger partial charge in [0.15, 0.2) is 0 Å². The van der Waals surface area contributed by atoms with E-state index in [0.29, 0.717) is 6.04 Å². The Bertz CT molecular complexity index is 558. The second-order valence-corrected chi connectivity index (χ2v) is 6.20. The molecule has 1 N–H and O–H groups in total. The second kappa shape index (κ2) is 5.47. The molecule has 102 valence electrons. The van der Waals surface area contributed by atoms with Gasteiger partial charge in [-0.3, -0.25) is 0 Å². The van der Waals surface area contributed by atoms with Gasteiger partial charge in [-0.05, 0) is 45.2 Å². The molecule has 0 saturated heterocycles. The van der Waals surface area contributed by atoms with Gasteiger partial charge in [0.2, 0.25) is 0 Å². The summed E-state index contributed by atoms with van der Waals surface area (Å²) in [6.45, 7) is 5.28. The lowest BCUT2D eigenvalue weighted by atomic mass is 9.97. The molecule has 0 spiro atoms. The van der Waals surface area contributed by atoms with Gasteiger partial charge >= 0.3 is 0 Å². The number of hydrogen-bond acceptors (Lipinski definition) is 4. The van der Waals surface area contributed by atoms with Crippen molar-refractivity contribution < 1.29 is 4.42 Å². The summed E-state index contributed by atoms with van der Waals surface area (Å²) < 4.78 is 5.39. The standard InChI is InChI=1S/C15H20N2OS/c1-3-8-16-12-5-4-6-13-14(12)17-15(19-13)11-7-9-18-10(11)2/h7,9,12,16H,3-6,8H2,1-2H3. The fourth-order valence-corrected chi connectivity index (χ4v) is 3.90. The van der Waals surface area contributed by atoms with E-state index >= 15 is 0 Å². The van der Waals surface area contributed by atoms with Crippen molar-refractivity contribution in [3.05, 3.63) is 28.7 Å². The number of thiazole rings is 1. The third kappa shape index (κ3) is 2.47.